The van der Waals surface area contributed by atoms with Crippen molar-refractivity contribution in [1.29, 1.82) is 0 Å². The molecule has 0 spiro atoms. The standard InChI is InChI=1S/C25H22Cl2N2O3/c26-19-9-8-17(22(27)12-19)15-32-20-5-3-4-16(10-20)13-28-24(25(30)31)11-18-14-29-23-7-2-1-6-21(18)23/h1-10,12,14,24,28-29H,11,13,15H2,(H,30,31)/t24-/m1/s1. The van der Waals surface area contributed by atoms with Gasteiger partial charge in [0.1, 0.15) is 18.4 Å². The molecular formula is C25H22Cl2N2O3. The van der Waals surface area contributed by atoms with Crippen LogP contribution in [0.15, 0.2) is 72.9 Å². The van der Waals surface area contributed by atoms with Crippen LogP contribution >= 0.6 is 23.2 Å². The predicted molar refractivity (Wildman–Crippen MR) is 128 cm³/mol. The van der Waals surface area contributed by atoms with Gasteiger partial charge in [0.25, 0.3) is 0 Å². The highest BCUT2D eigenvalue weighted by Crippen LogP contribution is 2.23. The first-order valence-electron chi connectivity index (χ1n) is 10.2. The first-order chi connectivity index (χ1) is 15.5. The number of H-pyrrole nitrogens is 1. The zero-order valence-corrected chi connectivity index (χ0v) is 18.7. The van der Waals surface area contributed by atoms with Crippen molar-refractivity contribution in [3.63, 3.8) is 0 Å². The maximum absolute atomic E-state index is 11.8. The quantitative estimate of drug-likeness (QED) is 0.288. The average Bonchev–Trinajstić information content (AvgIpc) is 3.19. The van der Waals surface area contributed by atoms with Crippen LogP contribution in [0.25, 0.3) is 10.9 Å². The molecule has 3 aromatic carbocycles. The van der Waals surface area contributed by atoms with Crippen molar-refractivity contribution in [3.8, 4) is 5.75 Å². The predicted octanol–water partition coefficient (Wildman–Crippen LogP) is 5.84. The van der Waals surface area contributed by atoms with E-state index >= 15 is 0 Å². The number of ether oxygens (including phenoxy) is 1. The van der Waals surface area contributed by atoms with Gasteiger partial charge in [0, 0.05) is 45.7 Å². The van der Waals surface area contributed by atoms with Crippen LogP contribution in [0.2, 0.25) is 10.0 Å². The number of aliphatic carboxylic acids is 1. The molecule has 7 heteroatoms. The molecule has 0 aliphatic rings. The molecule has 0 aliphatic heterocycles. The summed E-state index contributed by atoms with van der Waals surface area (Å²) in [5.41, 5.74) is 3.73. The van der Waals surface area contributed by atoms with Gasteiger partial charge in [-0.2, -0.15) is 0 Å². The molecule has 1 aromatic heterocycles. The summed E-state index contributed by atoms with van der Waals surface area (Å²) in [6.07, 6.45) is 2.25. The Hall–Kier alpha value is -2.99. The Morgan fingerprint density at radius 2 is 1.88 bits per heavy atom. The number of para-hydroxylation sites is 1. The summed E-state index contributed by atoms with van der Waals surface area (Å²) in [7, 11) is 0. The van der Waals surface area contributed by atoms with E-state index in [0.717, 1.165) is 27.6 Å². The smallest absolute Gasteiger partial charge is 0.321 e. The zero-order chi connectivity index (χ0) is 22.5. The van der Waals surface area contributed by atoms with Crippen LogP contribution in [0.1, 0.15) is 16.7 Å². The minimum atomic E-state index is -0.889. The van der Waals surface area contributed by atoms with Crippen LogP contribution < -0.4 is 10.1 Å². The Labute approximate surface area is 195 Å². The second-order valence-corrected chi connectivity index (χ2v) is 8.35. The van der Waals surface area contributed by atoms with Gasteiger partial charge in [-0.1, -0.05) is 59.6 Å². The summed E-state index contributed by atoms with van der Waals surface area (Å²) in [4.78, 5) is 15.0. The molecule has 0 fully saturated rings. The largest absolute Gasteiger partial charge is 0.489 e. The van der Waals surface area contributed by atoms with Crippen LogP contribution in [-0.4, -0.2) is 22.1 Å². The number of rotatable bonds is 9. The van der Waals surface area contributed by atoms with E-state index in [0.29, 0.717) is 35.4 Å². The van der Waals surface area contributed by atoms with Gasteiger partial charge in [0.15, 0.2) is 0 Å². The molecule has 0 saturated heterocycles. The fraction of sp³-hybridized carbons (Fsp3) is 0.160. The number of carbonyl (C=O) groups is 1. The van der Waals surface area contributed by atoms with Crippen molar-refractivity contribution in [1.82, 2.24) is 10.3 Å². The molecule has 0 radical (unpaired) electrons. The molecule has 0 amide bonds. The first kappa shape index (κ1) is 22.2. The van der Waals surface area contributed by atoms with Crippen molar-refractivity contribution in [2.24, 2.45) is 0 Å². The Bertz CT molecular complexity index is 1240. The normalized spacial score (nSPS) is 12.1. The van der Waals surface area contributed by atoms with Crippen molar-refractivity contribution < 1.29 is 14.6 Å². The van der Waals surface area contributed by atoms with Gasteiger partial charge in [-0.05, 0) is 41.5 Å². The summed E-state index contributed by atoms with van der Waals surface area (Å²) in [6.45, 7) is 0.712. The number of fused-ring (bicyclic) bond motifs is 1. The first-order valence-corrected chi connectivity index (χ1v) is 10.9. The second kappa shape index (κ2) is 10.1. The lowest BCUT2D eigenvalue weighted by atomic mass is 10.0. The lowest BCUT2D eigenvalue weighted by Gasteiger charge is -2.15. The maximum atomic E-state index is 11.8. The van der Waals surface area contributed by atoms with Crippen LogP contribution in [0.4, 0.5) is 0 Å². The highest BCUT2D eigenvalue weighted by molar-refractivity contribution is 6.35. The monoisotopic (exact) mass is 468 g/mol. The number of halogens is 2. The Kier molecular flexibility index (Phi) is 7.00. The Morgan fingerprint density at radius 3 is 2.69 bits per heavy atom. The molecule has 0 saturated carbocycles. The van der Waals surface area contributed by atoms with Crippen molar-refractivity contribution >= 4 is 40.1 Å². The van der Waals surface area contributed by atoms with Crippen molar-refractivity contribution in [2.45, 2.75) is 25.6 Å². The number of benzene rings is 3. The molecule has 4 rings (SSSR count). The van der Waals surface area contributed by atoms with E-state index in [1.165, 1.54) is 0 Å². The molecule has 4 aromatic rings. The molecule has 3 N–H and O–H groups in total. The number of hydrogen-bond donors (Lipinski definition) is 3. The Balaban J connectivity index is 1.39. The maximum Gasteiger partial charge on any atom is 0.321 e. The summed E-state index contributed by atoms with van der Waals surface area (Å²) in [5, 5.41) is 15.0. The Morgan fingerprint density at radius 1 is 1.03 bits per heavy atom. The molecule has 0 unspecified atom stereocenters. The fourth-order valence-electron chi connectivity index (χ4n) is 3.55. The van der Waals surface area contributed by atoms with Gasteiger partial charge >= 0.3 is 5.97 Å². The van der Waals surface area contributed by atoms with Gasteiger partial charge in [0.2, 0.25) is 0 Å². The number of carboxylic acid groups (broad SMARTS) is 1. The third-order valence-electron chi connectivity index (χ3n) is 5.26. The lowest BCUT2D eigenvalue weighted by Crippen LogP contribution is -2.38. The molecule has 164 valence electrons. The van der Waals surface area contributed by atoms with Crippen molar-refractivity contribution in [3.05, 3.63) is 99.7 Å². The number of hydrogen-bond acceptors (Lipinski definition) is 3. The summed E-state index contributed by atoms with van der Waals surface area (Å²) < 4.78 is 5.87. The zero-order valence-electron chi connectivity index (χ0n) is 17.1. The number of aromatic nitrogens is 1. The lowest BCUT2D eigenvalue weighted by molar-refractivity contribution is -0.139. The number of carboxylic acids is 1. The third-order valence-corrected chi connectivity index (χ3v) is 5.84. The number of aromatic amines is 1. The van der Waals surface area contributed by atoms with Gasteiger partial charge in [-0.25, -0.2) is 0 Å². The molecule has 1 heterocycles. The van der Waals surface area contributed by atoms with Gasteiger partial charge < -0.3 is 20.1 Å². The minimum absolute atomic E-state index is 0.311. The summed E-state index contributed by atoms with van der Waals surface area (Å²) >= 11 is 12.1. The number of nitrogens with one attached hydrogen (secondary N) is 2. The van der Waals surface area contributed by atoms with E-state index in [1.54, 1.807) is 12.1 Å². The van der Waals surface area contributed by atoms with Gasteiger partial charge in [0.05, 0.1) is 0 Å². The molecule has 5 nitrogen and oxygen atoms in total. The molecule has 1 atom stereocenters. The molecule has 32 heavy (non-hydrogen) atoms. The van der Waals surface area contributed by atoms with Crippen molar-refractivity contribution in [2.75, 3.05) is 0 Å². The van der Waals surface area contributed by atoms with E-state index in [4.69, 9.17) is 27.9 Å². The van der Waals surface area contributed by atoms with E-state index < -0.39 is 12.0 Å². The SMILES string of the molecule is O=C(O)[C@@H](Cc1c[nH]c2ccccc12)NCc1cccc(OCc2ccc(Cl)cc2Cl)c1. The third kappa shape index (κ3) is 5.43. The summed E-state index contributed by atoms with van der Waals surface area (Å²) in [6, 6.07) is 20.0. The van der Waals surface area contributed by atoms with Crippen LogP contribution in [0.5, 0.6) is 5.75 Å². The molecule has 0 bridgehead atoms. The van der Waals surface area contributed by atoms with Crippen LogP contribution in [0, 0.1) is 0 Å². The van der Waals surface area contributed by atoms with E-state index in [9.17, 15) is 9.90 Å². The minimum Gasteiger partial charge on any atom is -0.489 e. The van der Waals surface area contributed by atoms with Crippen LogP contribution in [-0.2, 0) is 24.4 Å². The van der Waals surface area contributed by atoms with E-state index in [-0.39, 0.29) is 0 Å². The highest BCUT2D eigenvalue weighted by atomic mass is 35.5. The average molecular weight is 469 g/mol. The summed E-state index contributed by atoms with van der Waals surface area (Å²) in [5.74, 6) is -0.209. The van der Waals surface area contributed by atoms with E-state index in [2.05, 4.69) is 10.3 Å². The van der Waals surface area contributed by atoms with E-state index in [1.807, 2.05) is 60.8 Å². The van der Waals surface area contributed by atoms with Gasteiger partial charge in [-0.15, -0.1) is 0 Å². The second-order valence-electron chi connectivity index (χ2n) is 7.51. The topological polar surface area (TPSA) is 74.3 Å². The molecular weight excluding hydrogens is 447 g/mol. The van der Waals surface area contributed by atoms with Crippen LogP contribution in [0.3, 0.4) is 0 Å². The molecule has 0 aliphatic carbocycles. The fourth-order valence-corrected chi connectivity index (χ4v) is 4.02. The van der Waals surface area contributed by atoms with Gasteiger partial charge in [-0.3, -0.25) is 4.79 Å². The highest BCUT2D eigenvalue weighted by Gasteiger charge is 2.19.